The largest absolute Gasteiger partial charge is 0.366 e. The molecule has 0 aromatic carbocycles. The Kier molecular flexibility index (Phi) is 4.04. The van der Waals surface area contributed by atoms with Gasteiger partial charge in [0.05, 0.1) is 5.56 Å². The first kappa shape index (κ1) is 13.8. The van der Waals surface area contributed by atoms with Gasteiger partial charge in [0.15, 0.2) is 0 Å². The van der Waals surface area contributed by atoms with Gasteiger partial charge in [-0.05, 0) is 23.6 Å². The normalized spacial score (nSPS) is 10.2. The predicted octanol–water partition coefficient (Wildman–Crippen LogP) is 2.80. The zero-order valence-electron chi connectivity index (χ0n) is 9.31. The Morgan fingerprint density at radius 1 is 1.26 bits per heavy atom. The van der Waals surface area contributed by atoms with Crippen LogP contribution < -0.4 is 11.1 Å². The van der Waals surface area contributed by atoms with Gasteiger partial charge in [-0.3, -0.25) is 9.59 Å². The third kappa shape index (κ3) is 3.23. The van der Waals surface area contributed by atoms with E-state index in [4.69, 9.17) is 28.9 Å². The number of nitrogens with two attached hydrogens (primary N) is 1. The molecule has 0 saturated heterocycles. The van der Waals surface area contributed by atoms with Crippen LogP contribution >= 0.6 is 34.5 Å². The average molecular weight is 316 g/mol. The second-order valence-electron chi connectivity index (χ2n) is 3.48. The van der Waals surface area contributed by atoms with Crippen molar-refractivity contribution in [2.45, 2.75) is 0 Å². The Morgan fingerprint density at radius 3 is 2.47 bits per heavy atom. The maximum absolute atomic E-state index is 12.0. The molecule has 0 aliphatic heterocycles. The number of carbonyl (C=O) groups excluding carboxylic acids is 2. The second kappa shape index (κ2) is 5.56. The molecule has 0 saturated carbocycles. The molecular formula is C11H7Cl2N3O2S. The first-order valence-corrected chi connectivity index (χ1v) is 6.62. The van der Waals surface area contributed by atoms with E-state index >= 15 is 0 Å². The van der Waals surface area contributed by atoms with Crippen molar-refractivity contribution in [3.8, 4) is 0 Å². The summed E-state index contributed by atoms with van der Waals surface area (Å²) < 4.78 is 0. The summed E-state index contributed by atoms with van der Waals surface area (Å²) in [6, 6.07) is 4.29. The number of aromatic nitrogens is 1. The molecule has 8 heteroatoms. The zero-order valence-corrected chi connectivity index (χ0v) is 11.6. The van der Waals surface area contributed by atoms with Crippen molar-refractivity contribution in [2.75, 3.05) is 5.32 Å². The molecule has 0 bridgehead atoms. The topological polar surface area (TPSA) is 85.1 Å². The number of carbonyl (C=O) groups is 2. The molecule has 0 fully saturated rings. The van der Waals surface area contributed by atoms with Crippen molar-refractivity contribution in [3.05, 3.63) is 45.0 Å². The first-order valence-electron chi connectivity index (χ1n) is 4.99. The van der Waals surface area contributed by atoms with Crippen LogP contribution in [-0.2, 0) is 0 Å². The Balaban J connectivity index is 2.25. The van der Waals surface area contributed by atoms with Gasteiger partial charge in [-0.1, -0.05) is 23.2 Å². The van der Waals surface area contributed by atoms with Gasteiger partial charge in [-0.2, -0.15) is 0 Å². The summed E-state index contributed by atoms with van der Waals surface area (Å²) in [5.74, 6) is -1.06. The number of hydrogen-bond donors (Lipinski definition) is 2. The lowest BCUT2D eigenvalue weighted by molar-refractivity contribution is 0.100. The Labute approximate surface area is 122 Å². The Hall–Kier alpha value is -1.63. The van der Waals surface area contributed by atoms with Crippen molar-refractivity contribution in [1.29, 1.82) is 0 Å². The lowest BCUT2D eigenvalue weighted by Crippen LogP contribution is -2.16. The minimum Gasteiger partial charge on any atom is -0.366 e. The number of thiophene rings is 1. The van der Waals surface area contributed by atoms with Crippen molar-refractivity contribution in [3.63, 3.8) is 0 Å². The summed E-state index contributed by atoms with van der Waals surface area (Å²) in [5.41, 5.74) is 5.68. The summed E-state index contributed by atoms with van der Waals surface area (Å²) in [7, 11) is 0. The minimum atomic E-state index is -0.609. The third-order valence-electron chi connectivity index (χ3n) is 2.18. The van der Waals surface area contributed by atoms with E-state index in [0.717, 1.165) is 0 Å². The number of amides is 2. The van der Waals surface area contributed by atoms with Crippen LogP contribution in [0.1, 0.15) is 20.7 Å². The van der Waals surface area contributed by atoms with E-state index in [-0.39, 0.29) is 21.4 Å². The van der Waals surface area contributed by atoms with Crippen LogP contribution in [0.4, 0.5) is 5.00 Å². The molecule has 0 radical (unpaired) electrons. The van der Waals surface area contributed by atoms with Gasteiger partial charge in [-0.15, -0.1) is 11.3 Å². The van der Waals surface area contributed by atoms with E-state index < -0.39 is 11.8 Å². The molecule has 0 atom stereocenters. The maximum Gasteiger partial charge on any atom is 0.256 e. The lowest BCUT2D eigenvalue weighted by Gasteiger charge is -2.05. The molecule has 0 aliphatic carbocycles. The fourth-order valence-electron chi connectivity index (χ4n) is 1.37. The number of nitrogens with one attached hydrogen (secondary N) is 1. The van der Waals surface area contributed by atoms with Gasteiger partial charge in [0.1, 0.15) is 15.3 Å². The Morgan fingerprint density at radius 2 is 1.89 bits per heavy atom. The fourth-order valence-corrected chi connectivity index (χ4v) is 2.62. The van der Waals surface area contributed by atoms with Crippen LogP contribution in [0.3, 0.4) is 0 Å². The molecule has 19 heavy (non-hydrogen) atoms. The average Bonchev–Trinajstić information content (AvgIpc) is 2.75. The Bertz CT molecular complexity index is 637. The van der Waals surface area contributed by atoms with Gasteiger partial charge in [-0.25, -0.2) is 4.98 Å². The number of hydrogen-bond acceptors (Lipinski definition) is 4. The van der Waals surface area contributed by atoms with Crippen LogP contribution in [-0.4, -0.2) is 16.8 Å². The van der Waals surface area contributed by atoms with E-state index in [1.165, 1.54) is 29.5 Å². The molecule has 3 N–H and O–H groups in total. The molecule has 2 heterocycles. The van der Waals surface area contributed by atoms with Crippen LogP contribution in [0.15, 0.2) is 23.6 Å². The highest BCUT2D eigenvalue weighted by Crippen LogP contribution is 2.24. The van der Waals surface area contributed by atoms with Crippen molar-refractivity contribution < 1.29 is 9.59 Å². The molecule has 98 valence electrons. The SMILES string of the molecule is NC(=O)c1ccsc1NC(=O)c1cc(Cl)nc(Cl)c1. The van der Waals surface area contributed by atoms with Gasteiger partial charge >= 0.3 is 0 Å². The van der Waals surface area contributed by atoms with E-state index in [1.807, 2.05) is 0 Å². The molecule has 2 aromatic heterocycles. The number of anilines is 1. The standard InChI is InChI=1S/C11H7Cl2N3O2S/c12-7-3-5(4-8(13)15-7)10(18)16-11-6(9(14)17)1-2-19-11/h1-4H,(H2,14,17)(H,16,18). The van der Waals surface area contributed by atoms with E-state index in [2.05, 4.69) is 10.3 Å². The monoisotopic (exact) mass is 315 g/mol. The molecule has 0 unspecified atom stereocenters. The molecule has 2 aromatic rings. The number of nitrogens with zero attached hydrogens (tertiary/aromatic N) is 1. The highest BCUT2D eigenvalue weighted by molar-refractivity contribution is 7.14. The highest BCUT2D eigenvalue weighted by Gasteiger charge is 2.14. The van der Waals surface area contributed by atoms with Crippen LogP contribution in [0.25, 0.3) is 0 Å². The second-order valence-corrected chi connectivity index (χ2v) is 5.17. The number of halogens is 2. The minimum absolute atomic E-state index is 0.110. The van der Waals surface area contributed by atoms with E-state index in [9.17, 15) is 9.59 Å². The van der Waals surface area contributed by atoms with E-state index in [1.54, 1.807) is 5.38 Å². The van der Waals surface area contributed by atoms with E-state index in [0.29, 0.717) is 5.00 Å². The fraction of sp³-hybridized carbons (Fsp3) is 0. The molecule has 5 nitrogen and oxygen atoms in total. The number of pyridine rings is 1. The zero-order chi connectivity index (χ0) is 14.0. The van der Waals surface area contributed by atoms with Crippen molar-refractivity contribution in [2.24, 2.45) is 5.73 Å². The molecule has 2 rings (SSSR count). The molecular weight excluding hydrogens is 309 g/mol. The predicted molar refractivity (Wildman–Crippen MR) is 75.0 cm³/mol. The summed E-state index contributed by atoms with van der Waals surface area (Å²) in [5, 5.41) is 4.83. The number of primary amides is 1. The van der Waals surface area contributed by atoms with Crippen LogP contribution in [0.2, 0.25) is 10.3 Å². The third-order valence-corrected chi connectivity index (χ3v) is 3.40. The van der Waals surface area contributed by atoms with Crippen molar-refractivity contribution in [1.82, 2.24) is 4.98 Å². The smallest absolute Gasteiger partial charge is 0.256 e. The van der Waals surface area contributed by atoms with Crippen molar-refractivity contribution >= 4 is 51.4 Å². The van der Waals surface area contributed by atoms with Crippen LogP contribution in [0.5, 0.6) is 0 Å². The van der Waals surface area contributed by atoms with Gasteiger partial charge in [0.25, 0.3) is 11.8 Å². The van der Waals surface area contributed by atoms with Crippen LogP contribution in [0, 0.1) is 0 Å². The molecule has 2 amide bonds. The maximum atomic E-state index is 12.0. The molecule has 0 aliphatic rings. The van der Waals surface area contributed by atoms with Gasteiger partial charge in [0, 0.05) is 5.56 Å². The lowest BCUT2D eigenvalue weighted by atomic mass is 10.2. The first-order chi connectivity index (χ1) is 8.97. The summed E-state index contributed by atoms with van der Waals surface area (Å²) in [4.78, 5) is 26.9. The summed E-state index contributed by atoms with van der Waals surface area (Å²) in [6.45, 7) is 0. The van der Waals surface area contributed by atoms with Gasteiger partial charge < -0.3 is 11.1 Å². The van der Waals surface area contributed by atoms with Gasteiger partial charge in [0.2, 0.25) is 0 Å². The number of rotatable bonds is 3. The highest BCUT2D eigenvalue weighted by atomic mass is 35.5. The molecule has 0 spiro atoms. The summed E-state index contributed by atoms with van der Waals surface area (Å²) in [6.07, 6.45) is 0. The summed E-state index contributed by atoms with van der Waals surface area (Å²) >= 11 is 12.6. The quantitative estimate of drug-likeness (QED) is 0.854.